The van der Waals surface area contributed by atoms with Gasteiger partial charge in [0, 0.05) is 18.0 Å². The lowest BCUT2D eigenvalue weighted by atomic mass is 10.1. The molecule has 7 heteroatoms. The quantitative estimate of drug-likeness (QED) is 0.565. The highest BCUT2D eigenvalue weighted by Crippen LogP contribution is 2.34. The number of ether oxygens (including phenoxy) is 1. The molecule has 1 aliphatic heterocycles. The maximum atomic E-state index is 13.3. The second-order valence-corrected chi connectivity index (χ2v) is 8.37. The van der Waals surface area contributed by atoms with Gasteiger partial charge in [0.1, 0.15) is 11.8 Å². The summed E-state index contributed by atoms with van der Waals surface area (Å²) in [4.78, 5) is 19.7. The summed E-state index contributed by atoms with van der Waals surface area (Å²) >= 11 is 5.94. The molecule has 0 radical (unpaired) electrons. The van der Waals surface area contributed by atoms with Crippen molar-refractivity contribution in [2.75, 3.05) is 6.54 Å². The first-order valence-electron chi connectivity index (χ1n) is 10.0. The van der Waals surface area contributed by atoms with E-state index in [0.29, 0.717) is 35.5 Å². The van der Waals surface area contributed by atoms with Crippen LogP contribution in [0.5, 0.6) is 5.75 Å². The number of amides is 1. The lowest BCUT2D eigenvalue weighted by Gasteiger charge is -2.32. The van der Waals surface area contributed by atoms with Crippen molar-refractivity contribution in [3.63, 3.8) is 0 Å². The van der Waals surface area contributed by atoms with Crippen molar-refractivity contribution in [3.05, 3.63) is 76.9 Å². The van der Waals surface area contributed by atoms with E-state index in [0.717, 1.165) is 18.4 Å². The fourth-order valence-corrected chi connectivity index (χ4v) is 3.83. The Kier molecular flexibility index (Phi) is 5.77. The van der Waals surface area contributed by atoms with E-state index in [2.05, 4.69) is 10.1 Å². The van der Waals surface area contributed by atoms with E-state index < -0.39 is 5.60 Å². The number of hydrogen-bond donors (Lipinski definition) is 0. The van der Waals surface area contributed by atoms with Crippen molar-refractivity contribution in [2.45, 2.75) is 44.8 Å². The van der Waals surface area contributed by atoms with Crippen LogP contribution >= 0.6 is 11.6 Å². The van der Waals surface area contributed by atoms with Gasteiger partial charge in [0.25, 0.3) is 5.91 Å². The molecule has 1 amide bonds. The van der Waals surface area contributed by atoms with Gasteiger partial charge in [-0.2, -0.15) is 4.98 Å². The molecule has 0 saturated carbocycles. The maximum Gasteiger partial charge on any atom is 0.266 e. The first kappa shape index (κ1) is 20.4. The Morgan fingerprint density at radius 1 is 1.20 bits per heavy atom. The van der Waals surface area contributed by atoms with Crippen LogP contribution in [-0.4, -0.2) is 33.1 Å². The van der Waals surface area contributed by atoms with Crippen LogP contribution in [0.1, 0.15) is 50.0 Å². The Bertz CT molecular complexity index is 1000. The van der Waals surface area contributed by atoms with Gasteiger partial charge in [-0.05, 0) is 56.5 Å². The topological polar surface area (TPSA) is 68.5 Å². The SMILES string of the molecule is CC(C)(Oc1ccc(Cl)cc1)C(=O)N1CCC[C@H]1c1nc(Cc2ccccc2)no1. The van der Waals surface area contributed by atoms with Crippen molar-refractivity contribution in [2.24, 2.45) is 0 Å². The molecular formula is C23H24ClN3O3. The van der Waals surface area contributed by atoms with E-state index in [1.54, 1.807) is 43.0 Å². The number of rotatable bonds is 6. The second kappa shape index (κ2) is 8.48. The van der Waals surface area contributed by atoms with E-state index >= 15 is 0 Å². The Balaban J connectivity index is 1.47. The number of benzene rings is 2. The van der Waals surface area contributed by atoms with Crippen LogP contribution in [0, 0.1) is 0 Å². The molecule has 1 atom stereocenters. The standard InChI is InChI=1S/C23H24ClN3O3/c1-23(2,29-18-12-10-17(24)11-13-18)22(28)27-14-6-9-19(27)21-25-20(26-30-21)15-16-7-4-3-5-8-16/h3-5,7-8,10-13,19H,6,9,14-15H2,1-2H3/t19-/m0/s1. The minimum absolute atomic E-state index is 0.109. The molecule has 6 nitrogen and oxygen atoms in total. The van der Waals surface area contributed by atoms with E-state index in [9.17, 15) is 4.79 Å². The van der Waals surface area contributed by atoms with Gasteiger partial charge in [-0.15, -0.1) is 0 Å². The van der Waals surface area contributed by atoms with Gasteiger partial charge >= 0.3 is 0 Å². The van der Waals surface area contributed by atoms with E-state index in [1.165, 1.54) is 0 Å². The number of hydrogen-bond acceptors (Lipinski definition) is 5. The Morgan fingerprint density at radius 2 is 1.93 bits per heavy atom. The van der Waals surface area contributed by atoms with Crippen molar-refractivity contribution in [1.29, 1.82) is 0 Å². The lowest BCUT2D eigenvalue weighted by molar-refractivity contribution is -0.147. The molecule has 1 aromatic heterocycles. The Labute approximate surface area is 180 Å². The van der Waals surface area contributed by atoms with E-state index in [-0.39, 0.29) is 11.9 Å². The van der Waals surface area contributed by atoms with Crippen molar-refractivity contribution in [3.8, 4) is 5.75 Å². The number of nitrogens with zero attached hydrogens (tertiary/aromatic N) is 3. The largest absolute Gasteiger partial charge is 0.478 e. The number of halogens is 1. The average molecular weight is 426 g/mol. The van der Waals surface area contributed by atoms with Gasteiger partial charge in [0.05, 0.1) is 0 Å². The molecule has 156 valence electrons. The van der Waals surface area contributed by atoms with Crippen LogP contribution in [0.25, 0.3) is 0 Å². The molecule has 0 aliphatic carbocycles. The van der Waals surface area contributed by atoms with Crippen LogP contribution in [0.2, 0.25) is 5.02 Å². The summed E-state index contributed by atoms with van der Waals surface area (Å²) in [7, 11) is 0. The summed E-state index contributed by atoms with van der Waals surface area (Å²) in [5.41, 5.74) is 0.0743. The van der Waals surface area contributed by atoms with Crippen LogP contribution in [-0.2, 0) is 11.2 Å². The molecule has 1 aliphatic rings. The fraction of sp³-hybridized carbons (Fsp3) is 0.348. The second-order valence-electron chi connectivity index (χ2n) is 7.93. The molecule has 1 fully saturated rings. The van der Waals surface area contributed by atoms with Crippen LogP contribution in [0.3, 0.4) is 0 Å². The third-order valence-corrected chi connectivity index (χ3v) is 5.44. The predicted molar refractivity (Wildman–Crippen MR) is 113 cm³/mol. The number of carbonyl (C=O) groups excluding carboxylic acids is 1. The van der Waals surface area contributed by atoms with Crippen molar-refractivity contribution < 1.29 is 14.1 Å². The van der Waals surface area contributed by atoms with Crippen LogP contribution in [0.15, 0.2) is 59.1 Å². The summed E-state index contributed by atoms with van der Waals surface area (Å²) in [5.74, 6) is 1.58. The Morgan fingerprint density at radius 3 is 2.67 bits per heavy atom. The molecular weight excluding hydrogens is 402 g/mol. The van der Waals surface area contributed by atoms with Gasteiger partial charge in [-0.1, -0.05) is 47.1 Å². The van der Waals surface area contributed by atoms with Gasteiger partial charge < -0.3 is 14.2 Å². The molecule has 0 N–H and O–H groups in total. The highest BCUT2D eigenvalue weighted by Gasteiger charge is 2.42. The molecule has 2 heterocycles. The zero-order valence-corrected chi connectivity index (χ0v) is 17.8. The van der Waals surface area contributed by atoms with Crippen LogP contribution < -0.4 is 4.74 Å². The van der Waals surface area contributed by atoms with Crippen LogP contribution in [0.4, 0.5) is 0 Å². The summed E-state index contributed by atoms with van der Waals surface area (Å²) in [6, 6.07) is 16.7. The number of likely N-dealkylation sites (tertiary alicyclic amines) is 1. The van der Waals surface area contributed by atoms with Crippen molar-refractivity contribution in [1.82, 2.24) is 15.0 Å². The zero-order chi connectivity index (χ0) is 21.1. The first-order valence-corrected chi connectivity index (χ1v) is 10.4. The minimum atomic E-state index is -1.04. The van der Waals surface area contributed by atoms with Gasteiger partial charge in [0.15, 0.2) is 11.4 Å². The molecule has 4 rings (SSSR count). The summed E-state index contributed by atoms with van der Waals surface area (Å²) in [5, 5.41) is 4.74. The fourth-order valence-electron chi connectivity index (χ4n) is 3.71. The highest BCUT2D eigenvalue weighted by molar-refractivity contribution is 6.30. The molecule has 0 bridgehead atoms. The average Bonchev–Trinajstić information content (AvgIpc) is 3.39. The lowest BCUT2D eigenvalue weighted by Crippen LogP contribution is -2.48. The third-order valence-electron chi connectivity index (χ3n) is 5.19. The molecule has 3 aromatic rings. The number of aromatic nitrogens is 2. The van der Waals surface area contributed by atoms with Crippen molar-refractivity contribution >= 4 is 17.5 Å². The summed E-state index contributed by atoms with van der Waals surface area (Å²) < 4.78 is 11.5. The van der Waals surface area contributed by atoms with Gasteiger partial charge in [-0.25, -0.2) is 0 Å². The number of carbonyl (C=O) groups is 1. The molecule has 2 aromatic carbocycles. The molecule has 0 spiro atoms. The predicted octanol–water partition coefficient (Wildman–Crippen LogP) is 4.83. The molecule has 0 unspecified atom stereocenters. The first-order chi connectivity index (χ1) is 14.4. The summed E-state index contributed by atoms with van der Waals surface area (Å²) in [6.07, 6.45) is 2.26. The normalized spacial score (nSPS) is 16.6. The van der Waals surface area contributed by atoms with E-state index in [1.807, 2.05) is 30.3 Å². The zero-order valence-electron chi connectivity index (χ0n) is 17.0. The smallest absolute Gasteiger partial charge is 0.266 e. The Hall–Kier alpha value is -2.86. The monoisotopic (exact) mass is 425 g/mol. The summed E-state index contributed by atoms with van der Waals surface area (Å²) in [6.45, 7) is 4.18. The minimum Gasteiger partial charge on any atom is -0.478 e. The van der Waals surface area contributed by atoms with Gasteiger partial charge in [0.2, 0.25) is 5.89 Å². The highest BCUT2D eigenvalue weighted by atomic mass is 35.5. The van der Waals surface area contributed by atoms with Gasteiger partial charge in [-0.3, -0.25) is 4.79 Å². The maximum absolute atomic E-state index is 13.3. The molecule has 1 saturated heterocycles. The van der Waals surface area contributed by atoms with E-state index in [4.69, 9.17) is 20.9 Å². The molecule has 30 heavy (non-hydrogen) atoms. The third kappa shape index (κ3) is 4.49.